The first-order valence-electron chi connectivity index (χ1n) is 5.58. The quantitative estimate of drug-likeness (QED) is 0.941. The Balaban J connectivity index is 2.20. The van der Waals surface area contributed by atoms with Gasteiger partial charge in [-0.25, -0.2) is 0 Å². The van der Waals surface area contributed by atoms with Gasteiger partial charge in [-0.1, -0.05) is 34.1 Å². The number of rotatable bonds is 3. The van der Waals surface area contributed by atoms with E-state index in [2.05, 4.69) is 33.9 Å². The van der Waals surface area contributed by atoms with E-state index < -0.39 is 0 Å². The zero-order valence-corrected chi connectivity index (χ0v) is 11.3. The summed E-state index contributed by atoms with van der Waals surface area (Å²) in [7, 11) is 0. The van der Waals surface area contributed by atoms with E-state index in [0.717, 1.165) is 16.5 Å². The molecule has 2 rings (SSSR count). The summed E-state index contributed by atoms with van der Waals surface area (Å²) in [4.78, 5) is 4.14. The molecule has 0 bridgehead atoms. The molecule has 0 fully saturated rings. The van der Waals surface area contributed by atoms with Gasteiger partial charge in [0.25, 0.3) is 0 Å². The molecule has 0 saturated carbocycles. The lowest BCUT2D eigenvalue weighted by molar-refractivity contribution is 0.710. The Morgan fingerprint density at radius 1 is 1.29 bits per heavy atom. The van der Waals surface area contributed by atoms with E-state index in [1.165, 1.54) is 11.1 Å². The molecular weight excluding hydrogens is 276 g/mol. The lowest BCUT2D eigenvalue weighted by Crippen LogP contribution is -2.15. The number of hydrogen-bond donors (Lipinski definition) is 1. The minimum atomic E-state index is -0.0117. The van der Waals surface area contributed by atoms with Gasteiger partial charge < -0.3 is 5.73 Å². The molecule has 0 aliphatic rings. The largest absolute Gasteiger partial charge is 0.324 e. The van der Waals surface area contributed by atoms with E-state index in [1.807, 2.05) is 30.5 Å². The molecule has 0 amide bonds. The molecule has 0 radical (unpaired) electrons. The molecule has 0 aliphatic carbocycles. The van der Waals surface area contributed by atoms with Gasteiger partial charge in [0, 0.05) is 22.9 Å². The first-order chi connectivity index (χ1) is 8.18. The lowest BCUT2D eigenvalue weighted by atomic mass is 9.98. The molecule has 0 saturated heterocycles. The second-order valence-electron chi connectivity index (χ2n) is 4.13. The summed E-state index contributed by atoms with van der Waals surface area (Å²) in [5, 5.41) is 0. The summed E-state index contributed by atoms with van der Waals surface area (Å²) in [5.74, 6) is 0. The Morgan fingerprint density at radius 2 is 2.06 bits per heavy atom. The van der Waals surface area contributed by atoms with Crippen LogP contribution < -0.4 is 5.73 Å². The summed E-state index contributed by atoms with van der Waals surface area (Å²) < 4.78 is 1.11. The van der Waals surface area contributed by atoms with Crippen molar-refractivity contribution in [3.63, 3.8) is 0 Å². The van der Waals surface area contributed by atoms with Crippen molar-refractivity contribution in [1.82, 2.24) is 4.98 Å². The van der Waals surface area contributed by atoms with Crippen LogP contribution in [-0.2, 0) is 6.42 Å². The Morgan fingerprint density at radius 3 is 2.76 bits per heavy atom. The summed E-state index contributed by atoms with van der Waals surface area (Å²) in [6.07, 6.45) is 4.47. The number of nitrogens with two attached hydrogens (primary N) is 1. The number of aryl methyl sites for hydroxylation is 1. The van der Waals surface area contributed by atoms with Crippen LogP contribution in [0.4, 0.5) is 0 Å². The standard InChI is InChI=1S/C14H15BrN2/c1-10-6-7-17-9-12(10)14(16)8-11-4-2-3-5-13(11)15/h2-7,9,14H,8,16H2,1H3. The molecule has 2 aromatic rings. The van der Waals surface area contributed by atoms with Gasteiger partial charge in [-0.05, 0) is 42.2 Å². The van der Waals surface area contributed by atoms with Crippen molar-refractivity contribution in [2.75, 3.05) is 0 Å². The van der Waals surface area contributed by atoms with Gasteiger partial charge in [-0.2, -0.15) is 0 Å². The minimum Gasteiger partial charge on any atom is -0.324 e. The van der Waals surface area contributed by atoms with Crippen LogP contribution in [-0.4, -0.2) is 4.98 Å². The third-order valence-electron chi connectivity index (χ3n) is 2.88. The second-order valence-corrected chi connectivity index (χ2v) is 4.99. The van der Waals surface area contributed by atoms with Crippen LogP contribution in [0.25, 0.3) is 0 Å². The molecule has 1 heterocycles. The fourth-order valence-corrected chi connectivity index (χ4v) is 2.32. The molecule has 0 aliphatic heterocycles. The van der Waals surface area contributed by atoms with Gasteiger partial charge in [0.15, 0.2) is 0 Å². The fraction of sp³-hybridized carbons (Fsp3) is 0.214. The average molecular weight is 291 g/mol. The zero-order chi connectivity index (χ0) is 12.3. The van der Waals surface area contributed by atoms with Crippen molar-refractivity contribution < 1.29 is 0 Å². The summed E-state index contributed by atoms with van der Waals surface area (Å²) in [6.45, 7) is 2.07. The first-order valence-corrected chi connectivity index (χ1v) is 6.37. The Bertz CT molecular complexity index is 511. The second kappa shape index (κ2) is 5.43. The van der Waals surface area contributed by atoms with E-state index >= 15 is 0 Å². The Labute approximate surface area is 110 Å². The average Bonchev–Trinajstić information content (AvgIpc) is 2.32. The van der Waals surface area contributed by atoms with Crippen molar-refractivity contribution >= 4 is 15.9 Å². The van der Waals surface area contributed by atoms with Crippen LogP contribution in [0.3, 0.4) is 0 Å². The number of nitrogens with zero attached hydrogens (tertiary/aromatic N) is 1. The first kappa shape index (κ1) is 12.3. The van der Waals surface area contributed by atoms with E-state index in [4.69, 9.17) is 5.73 Å². The van der Waals surface area contributed by atoms with Crippen molar-refractivity contribution in [2.45, 2.75) is 19.4 Å². The van der Waals surface area contributed by atoms with Gasteiger partial charge >= 0.3 is 0 Å². The van der Waals surface area contributed by atoms with Gasteiger partial charge in [-0.15, -0.1) is 0 Å². The molecule has 17 heavy (non-hydrogen) atoms. The fourth-order valence-electron chi connectivity index (χ4n) is 1.88. The van der Waals surface area contributed by atoms with Crippen molar-refractivity contribution in [3.05, 3.63) is 63.9 Å². The van der Waals surface area contributed by atoms with Crippen molar-refractivity contribution in [2.24, 2.45) is 5.73 Å². The van der Waals surface area contributed by atoms with Crippen molar-refractivity contribution in [3.8, 4) is 0 Å². The molecule has 2 nitrogen and oxygen atoms in total. The van der Waals surface area contributed by atoms with Gasteiger partial charge in [0.2, 0.25) is 0 Å². The van der Waals surface area contributed by atoms with Crippen LogP contribution in [0.15, 0.2) is 47.2 Å². The maximum absolute atomic E-state index is 6.24. The summed E-state index contributed by atoms with van der Waals surface area (Å²) in [5.41, 5.74) is 9.77. The van der Waals surface area contributed by atoms with Crippen LogP contribution in [0.1, 0.15) is 22.7 Å². The number of benzene rings is 1. The maximum Gasteiger partial charge on any atom is 0.0354 e. The van der Waals surface area contributed by atoms with E-state index in [-0.39, 0.29) is 6.04 Å². The predicted molar refractivity (Wildman–Crippen MR) is 73.7 cm³/mol. The lowest BCUT2D eigenvalue weighted by Gasteiger charge is -2.15. The summed E-state index contributed by atoms with van der Waals surface area (Å²) in [6, 6.07) is 10.2. The zero-order valence-electron chi connectivity index (χ0n) is 9.73. The molecule has 2 N–H and O–H groups in total. The van der Waals surface area contributed by atoms with E-state index in [9.17, 15) is 0 Å². The van der Waals surface area contributed by atoms with E-state index in [0.29, 0.717) is 0 Å². The highest BCUT2D eigenvalue weighted by Crippen LogP contribution is 2.23. The molecule has 1 atom stereocenters. The minimum absolute atomic E-state index is 0.0117. The molecule has 1 aromatic carbocycles. The summed E-state index contributed by atoms with van der Waals surface area (Å²) >= 11 is 3.54. The Kier molecular flexibility index (Phi) is 3.92. The number of hydrogen-bond acceptors (Lipinski definition) is 2. The molecule has 3 heteroatoms. The smallest absolute Gasteiger partial charge is 0.0354 e. The normalized spacial score (nSPS) is 12.4. The topological polar surface area (TPSA) is 38.9 Å². The molecule has 1 aromatic heterocycles. The van der Waals surface area contributed by atoms with Gasteiger partial charge in [0.05, 0.1) is 0 Å². The third kappa shape index (κ3) is 2.93. The van der Waals surface area contributed by atoms with Crippen molar-refractivity contribution in [1.29, 1.82) is 0 Å². The molecule has 88 valence electrons. The molecular formula is C14H15BrN2. The number of pyridine rings is 1. The van der Waals surface area contributed by atoms with E-state index in [1.54, 1.807) is 6.20 Å². The number of halogens is 1. The van der Waals surface area contributed by atoms with Crippen LogP contribution in [0, 0.1) is 6.92 Å². The molecule has 0 spiro atoms. The molecule has 1 unspecified atom stereocenters. The highest BCUT2D eigenvalue weighted by atomic mass is 79.9. The Hall–Kier alpha value is -1.19. The van der Waals surface area contributed by atoms with Gasteiger partial charge in [-0.3, -0.25) is 4.98 Å². The van der Waals surface area contributed by atoms with Gasteiger partial charge in [0.1, 0.15) is 0 Å². The maximum atomic E-state index is 6.24. The SMILES string of the molecule is Cc1ccncc1C(N)Cc1ccccc1Br. The highest BCUT2D eigenvalue weighted by Gasteiger charge is 2.11. The van der Waals surface area contributed by atoms with Crippen LogP contribution >= 0.6 is 15.9 Å². The van der Waals surface area contributed by atoms with Crippen LogP contribution in [0.5, 0.6) is 0 Å². The highest BCUT2D eigenvalue weighted by molar-refractivity contribution is 9.10. The predicted octanol–water partition coefficient (Wildman–Crippen LogP) is 3.40. The van der Waals surface area contributed by atoms with Crippen LogP contribution in [0.2, 0.25) is 0 Å². The third-order valence-corrected chi connectivity index (χ3v) is 3.65. The monoisotopic (exact) mass is 290 g/mol. The number of aromatic nitrogens is 1.